The lowest BCUT2D eigenvalue weighted by Gasteiger charge is -2.34. The third-order valence-corrected chi connectivity index (χ3v) is 4.09. The van der Waals surface area contributed by atoms with Crippen LogP contribution >= 0.6 is 11.6 Å². The Morgan fingerprint density at radius 2 is 1.96 bits per heavy atom. The number of carbonyl (C=O) groups is 1. The number of halogens is 1. The highest BCUT2D eigenvalue weighted by atomic mass is 35.5. The first kappa shape index (κ1) is 17.8. The van der Waals surface area contributed by atoms with Crippen molar-refractivity contribution in [3.05, 3.63) is 41.9 Å². The minimum atomic E-state index is 0.0559. The molecule has 2 rings (SSSR count). The predicted octanol–water partition coefficient (Wildman–Crippen LogP) is 1.64. The molecule has 5 nitrogen and oxygen atoms in total. The van der Waals surface area contributed by atoms with E-state index in [0.29, 0.717) is 24.7 Å². The molecule has 1 fully saturated rings. The van der Waals surface area contributed by atoms with Crippen LogP contribution in [-0.2, 0) is 4.79 Å². The molecule has 1 aliphatic heterocycles. The fourth-order valence-electron chi connectivity index (χ4n) is 2.46. The zero-order valence-electron chi connectivity index (χ0n) is 13.3. The molecule has 0 aliphatic carbocycles. The van der Waals surface area contributed by atoms with Crippen molar-refractivity contribution in [2.24, 2.45) is 0 Å². The number of benzene rings is 1. The molecular weight excluding hydrogens is 314 g/mol. The normalized spacial score (nSPS) is 16.0. The van der Waals surface area contributed by atoms with Crippen LogP contribution in [0.4, 0.5) is 0 Å². The first-order valence-electron chi connectivity index (χ1n) is 7.88. The molecule has 0 bridgehead atoms. The summed E-state index contributed by atoms with van der Waals surface area (Å²) in [6.07, 6.45) is 1.69. The largest absolute Gasteiger partial charge is 0.491 e. The Balaban J connectivity index is 1.62. The number of hydrogen-bond acceptors (Lipinski definition) is 4. The molecule has 0 spiro atoms. The van der Waals surface area contributed by atoms with Crippen LogP contribution in [0.25, 0.3) is 0 Å². The second-order valence-corrected chi connectivity index (χ2v) is 5.90. The standard InChI is InChI=1S/C17H24ClN3O2/c1-2-7-19-17(22)14-21-10-8-20(9-11-21)12-13-23-16-6-4-3-5-15(16)18/h2-6H,1,7-14H2,(H,19,22). The summed E-state index contributed by atoms with van der Waals surface area (Å²) in [4.78, 5) is 16.2. The van der Waals surface area contributed by atoms with Gasteiger partial charge in [0.05, 0.1) is 11.6 Å². The van der Waals surface area contributed by atoms with E-state index in [9.17, 15) is 4.79 Å². The van der Waals surface area contributed by atoms with Gasteiger partial charge in [0.15, 0.2) is 0 Å². The third-order valence-electron chi connectivity index (χ3n) is 3.78. The van der Waals surface area contributed by atoms with E-state index in [0.717, 1.165) is 38.5 Å². The van der Waals surface area contributed by atoms with Gasteiger partial charge in [-0.1, -0.05) is 29.8 Å². The van der Waals surface area contributed by atoms with Crippen LogP contribution in [-0.4, -0.2) is 68.1 Å². The van der Waals surface area contributed by atoms with Gasteiger partial charge in [-0.05, 0) is 12.1 Å². The van der Waals surface area contributed by atoms with E-state index >= 15 is 0 Å². The Bertz CT molecular complexity index is 516. The van der Waals surface area contributed by atoms with E-state index in [1.807, 2.05) is 24.3 Å². The third kappa shape index (κ3) is 6.22. The second-order valence-electron chi connectivity index (χ2n) is 5.49. The van der Waals surface area contributed by atoms with Crippen molar-refractivity contribution >= 4 is 17.5 Å². The highest BCUT2D eigenvalue weighted by Gasteiger charge is 2.18. The van der Waals surface area contributed by atoms with Crippen LogP contribution < -0.4 is 10.1 Å². The topological polar surface area (TPSA) is 44.8 Å². The van der Waals surface area contributed by atoms with E-state index in [-0.39, 0.29) is 5.91 Å². The molecule has 23 heavy (non-hydrogen) atoms. The maximum Gasteiger partial charge on any atom is 0.234 e. The molecule has 1 amide bonds. The fraction of sp³-hybridized carbons (Fsp3) is 0.471. The zero-order chi connectivity index (χ0) is 16.5. The van der Waals surface area contributed by atoms with E-state index in [1.165, 1.54) is 0 Å². The summed E-state index contributed by atoms with van der Waals surface area (Å²) in [6.45, 7) is 9.73. The number of para-hydroxylation sites is 1. The van der Waals surface area contributed by atoms with Gasteiger partial charge in [0.2, 0.25) is 5.91 Å². The average Bonchev–Trinajstić information content (AvgIpc) is 2.56. The minimum absolute atomic E-state index is 0.0559. The van der Waals surface area contributed by atoms with Crippen LogP contribution in [0.2, 0.25) is 5.02 Å². The van der Waals surface area contributed by atoms with E-state index in [4.69, 9.17) is 16.3 Å². The van der Waals surface area contributed by atoms with Crippen LogP contribution in [0.3, 0.4) is 0 Å². The second kappa shape index (κ2) is 9.55. The quantitative estimate of drug-likeness (QED) is 0.732. The van der Waals surface area contributed by atoms with Crippen LogP contribution in [0.1, 0.15) is 0 Å². The maximum atomic E-state index is 11.7. The minimum Gasteiger partial charge on any atom is -0.491 e. The summed E-state index contributed by atoms with van der Waals surface area (Å²) < 4.78 is 5.71. The van der Waals surface area contributed by atoms with Gasteiger partial charge < -0.3 is 10.1 Å². The van der Waals surface area contributed by atoms with Crippen LogP contribution in [0, 0.1) is 0 Å². The lowest BCUT2D eigenvalue weighted by Crippen LogP contribution is -2.50. The molecule has 6 heteroatoms. The molecular formula is C17H24ClN3O2. The Morgan fingerprint density at radius 1 is 1.26 bits per heavy atom. The van der Waals surface area contributed by atoms with E-state index in [1.54, 1.807) is 6.08 Å². The Hall–Kier alpha value is -1.56. The molecule has 1 N–H and O–H groups in total. The molecule has 0 saturated carbocycles. The fourth-order valence-corrected chi connectivity index (χ4v) is 2.65. The van der Waals surface area contributed by atoms with Crippen molar-refractivity contribution in [2.75, 3.05) is 52.4 Å². The van der Waals surface area contributed by atoms with Crippen molar-refractivity contribution in [1.29, 1.82) is 0 Å². The number of nitrogens with zero attached hydrogens (tertiary/aromatic N) is 2. The van der Waals surface area contributed by atoms with Crippen LogP contribution in [0.5, 0.6) is 5.75 Å². The van der Waals surface area contributed by atoms with Gasteiger partial charge in [-0.3, -0.25) is 14.6 Å². The summed E-state index contributed by atoms with van der Waals surface area (Å²) in [6, 6.07) is 7.51. The lowest BCUT2D eigenvalue weighted by atomic mass is 10.3. The molecule has 1 saturated heterocycles. The van der Waals surface area contributed by atoms with Gasteiger partial charge in [0.1, 0.15) is 12.4 Å². The van der Waals surface area contributed by atoms with Gasteiger partial charge >= 0.3 is 0 Å². The van der Waals surface area contributed by atoms with Gasteiger partial charge in [0.25, 0.3) is 0 Å². The maximum absolute atomic E-state index is 11.7. The molecule has 1 aromatic carbocycles. The number of ether oxygens (including phenoxy) is 1. The smallest absolute Gasteiger partial charge is 0.234 e. The Morgan fingerprint density at radius 3 is 2.65 bits per heavy atom. The molecule has 0 atom stereocenters. The van der Waals surface area contributed by atoms with Gasteiger partial charge in [0, 0.05) is 39.3 Å². The summed E-state index contributed by atoms with van der Waals surface area (Å²) in [5, 5.41) is 3.45. The number of rotatable bonds is 8. The number of carbonyl (C=O) groups excluding carboxylic acids is 1. The summed E-state index contributed by atoms with van der Waals surface area (Å²) in [7, 11) is 0. The molecule has 1 heterocycles. The van der Waals surface area contributed by atoms with Crippen molar-refractivity contribution in [2.45, 2.75) is 0 Å². The number of hydrogen-bond donors (Lipinski definition) is 1. The Labute approximate surface area is 142 Å². The van der Waals surface area contributed by atoms with Crippen LogP contribution in [0.15, 0.2) is 36.9 Å². The first-order valence-corrected chi connectivity index (χ1v) is 8.26. The molecule has 1 aliphatic rings. The zero-order valence-corrected chi connectivity index (χ0v) is 14.1. The van der Waals surface area contributed by atoms with Gasteiger partial charge in [-0.25, -0.2) is 0 Å². The predicted molar refractivity (Wildman–Crippen MR) is 93.0 cm³/mol. The van der Waals surface area contributed by atoms with Crippen molar-refractivity contribution < 1.29 is 9.53 Å². The highest BCUT2D eigenvalue weighted by molar-refractivity contribution is 6.32. The Kier molecular flexibility index (Phi) is 7.39. The van der Waals surface area contributed by atoms with Crippen molar-refractivity contribution in [3.63, 3.8) is 0 Å². The molecule has 0 unspecified atom stereocenters. The van der Waals surface area contributed by atoms with Gasteiger partial charge in [-0.15, -0.1) is 6.58 Å². The first-order chi connectivity index (χ1) is 11.2. The van der Waals surface area contributed by atoms with E-state index in [2.05, 4.69) is 21.7 Å². The number of piperazine rings is 1. The lowest BCUT2D eigenvalue weighted by molar-refractivity contribution is -0.122. The van der Waals surface area contributed by atoms with Gasteiger partial charge in [-0.2, -0.15) is 0 Å². The summed E-state index contributed by atoms with van der Waals surface area (Å²) in [5.74, 6) is 0.784. The molecule has 0 radical (unpaired) electrons. The monoisotopic (exact) mass is 337 g/mol. The SMILES string of the molecule is C=CCNC(=O)CN1CCN(CCOc2ccccc2Cl)CC1. The highest BCUT2D eigenvalue weighted by Crippen LogP contribution is 2.22. The average molecular weight is 338 g/mol. The van der Waals surface area contributed by atoms with Crippen molar-refractivity contribution in [1.82, 2.24) is 15.1 Å². The van der Waals surface area contributed by atoms with E-state index < -0.39 is 0 Å². The molecule has 1 aromatic rings. The van der Waals surface area contributed by atoms with Crippen molar-refractivity contribution in [3.8, 4) is 5.75 Å². The summed E-state index contributed by atoms with van der Waals surface area (Å²) >= 11 is 6.06. The number of amides is 1. The number of nitrogens with one attached hydrogen (secondary N) is 1. The summed E-state index contributed by atoms with van der Waals surface area (Å²) in [5.41, 5.74) is 0. The molecule has 0 aromatic heterocycles. The molecule has 126 valence electrons.